The first kappa shape index (κ1) is 21.7. The predicted octanol–water partition coefficient (Wildman–Crippen LogP) is 2.25. The Morgan fingerprint density at radius 2 is 1.90 bits per heavy atom. The Kier molecular flexibility index (Phi) is 6.80. The van der Waals surface area contributed by atoms with Gasteiger partial charge in [-0.15, -0.1) is 0 Å². The first-order chi connectivity index (χ1) is 15.1. The number of halogens is 1. The van der Waals surface area contributed by atoms with Crippen LogP contribution in [0.3, 0.4) is 0 Å². The van der Waals surface area contributed by atoms with E-state index in [1.807, 2.05) is 0 Å². The quantitative estimate of drug-likeness (QED) is 0.589. The molecule has 7 nitrogen and oxygen atoms in total. The number of benzene rings is 1. The number of rotatable bonds is 7. The summed E-state index contributed by atoms with van der Waals surface area (Å²) in [6, 6.07) is 4.85. The average Bonchev–Trinajstić information content (AvgIpc) is 3.19. The van der Waals surface area contributed by atoms with Crippen molar-refractivity contribution in [2.45, 2.75) is 18.8 Å². The van der Waals surface area contributed by atoms with E-state index in [4.69, 9.17) is 5.11 Å². The number of aromatic nitrogens is 1. The van der Waals surface area contributed by atoms with Crippen LogP contribution >= 0.6 is 0 Å². The maximum Gasteiger partial charge on any atom is 0.168 e. The number of piperazine rings is 1. The predicted molar refractivity (Wildman–Crippen MR) is 118 cm³/mol. The van der Waals surface area contributed by atoms with Gasteiger partial charge in [0.15, 0.2) is 5.78 Å². The van der Waals surface area contributed by atoms with E-state index in [9.17, 15) is 14.3 Å². The summed E-state index contributed by atoms with van der Waals surface area (Å²) < 4.78 is 14.3. The highest BCUT2D eigenvalue weighted by atomic mass is 19.1. The number of fused-ring (bicyclic) bond motifs is 1. The molecular formula is C23H29FN4O3. The largest absolute Gasteiger partial charge is 0.511 e. The van der Waals surface area contributed by atoms with E-state index in [0.29, 0.717) is 30.4 Å². The molecule has 0 amide bonds. The highest BCUT2D eigenvalue weighted by Gasteiger charge is 2.30. The van der Waals surface area contributed by atoms with Crippen molar-refractivity contribution in [2.75, 3.05) is 52.4 Å². The highest BCUT2D eigenvalue weighted by molar-refractivity contribution is 6.14. The molecule has 4 rings (SSSR count). The number of aromatic amines is 1. The van der Waals surface area contributed by atoms with Gasteiger partial charge in [-0.1, -0.05) is 6.07 Å². The second-order valence-electron chi connectivity index (χ2n) is 8.24. The lowest BCUT2D eigenvalue weighted by atomic mass is 9.83. The van der Waals surface area contributed by atoms with Crippen molar-refractivity contribution >= 4 is 22.9 Å². The normalized spacial score (nSPS) is 21.6. The SMILES string of the molecule is O=C1CC(c2c[nH]c3cccc(F)c23)CC(O)=C1C=NCCN1CCN(CCO)CC1. The monoisotopic (exact) mass is 428 g/mol. The lowest BCUT2D eigenvalue weighted by Gasteiger charge is -2.33. The van der Waals surface area contributed by atoms with Gasteiger partial charge in [-0.3, -0.25) is 19.6 Å². The zero-order chi connectivity index (χ0) is 21.8. The van der Waals surface area contributed by atoms with Crippen LogP contribution in [0, 0.1) is 5.82 Å². The number of hydrogen-bond donors (Lipinski definition) is 3. The Labute approximate surface area is 180 Å². The van der Waals surface area contributed by atoms with Gasteiger partial charge in [-0.05, 0) is 17.7 Å². The Morgan fingerprint density at radius 1 is 1.16 bits per heavy atom. The van der Waals surface area contributed by atoms with Crippen LogP contribution in [0.1, 0.15) is 24.3 Å². The van der Waals surface area contributed by atoms with Gasteiger partial charge in [0.2, 0.25) is 0 Å². The third-order valence-electron chi connectivity index (χ3n) is 6.25. The van der Waals surface area contributed by atoms with Gasteiger partial charge >= 0.3 is 0 Å². The molecule has 2 heterocycles. The molecule has 1 aromatic heterocycles. The molecule has 31 heavy (non-hydrogen) atoms. The molecule has 1 atom stereocenters. The summed E-state index contributed by atoms with van der Waals surface area (Å²) in [4.78, 5) is 24.6. The van der Waals surface area contributed by atoms with Crippen molar-refractivity contribution in [1.82, 2.24) is 14.8 Å². The van der Waals surface area contributed by atoms with Crippen LogP contribution in [0.25, 0.3) is 10.9 Å². The molecule has 1 unspecified atom stereocenters. The van der Waals surface area contributed by atoms with E-state index >= 15 is 0 Å². The fourth-order valence-corrected chi connectivity index (χ4v) is 4.50. The summed E-state index contributed by atoms with van der Waals surface area (Å²) in [5.41, 5.74) is 1.68. The number of ketones is 1. The van der Waals surface area contributed by atoms with Gasteiger partial charge in [-0.2, -0.15) is 0 Å². The van der Waals surface area contributed by atoms with Crippen LogP contribution in [0.15, 0.2) is 40.7 Å². The number of aliphatic hydroxyl groups excluding tert-OH is 2. The minimum atomic E-state index is -0.325. The number of Topliss-reactive ketones (excluding diaryl/α,β-unsaturated/α-hetero) is 1. The molecule has 2 aliphatic rings. The number of H-pyrrole nitrogens is 1. The molecular weight excluding hydrogens is 399 g/mol. The molecule has 1 fully saturated rings. The van der Waals surface area contributed by atoms with Crippen molar-refractivity contribution in [2.24, 2.45) is 4.99 Å². The summed E-state index contributed by atoms with van der Waals surface area (Å²) in [6.45, 7) is 6.00. The molecule has 1 saturated heterocycles. The zero-order valence-corrected chi connectivity index (χ0v) is 17.6. The minimum absolute atomic E-state index is 0.0216. The first-order valence-corrected chi connectivity index (χ1v) is 10.8. The number of carbonyl (C=O) groups excluding carboxylic acids is 1. The topological polar surface area (TPSA) is 92.2 Å². The summed E-state index contributed by atoms with van der Waals surface area (Å²) in [7, 11) is 0. The lowest BCUT2D eigenvalue weighted by Crippen LogP contribution is -2.47. The number of allylic oxidation sites excluding steroid dienone is 2. The molecule has 2 aromatic rings. The van der Waals surface area contributed by atoms with E-state index in [1.54, 1.807) is 18.3 Å². The molecule has 166 valence electrons. The Morgan fingerprint density at radius 3 is 2.61 bits per heavy atom. The maximum absolute atomic E-state index is 14.3. The molecule has 8 heteroatoms. The molecule has 0 spiro atoms. The summed E-state index contributed by atoms with van der Waals surface area (Å²) in [6.07, 6.45) is 3.74. The first-order valence-electron chi connectivity index (χ1n) is 10.8. The van der Waals surface area contributed by atoms with Gasteiger partial charge in [0.1, 0.15) is 11.6 Å². The lowest BCUT2D eigenvalue weighted by molar-refractivity contribution is -0.116. The molecule has 0 bridgehead atoms. The summed E-state index contributed by atoms with van der Waals surface area (Å²) >= 11 is 0. The van der Waals surface area contributed by atoms with Crippen LogP contribution in [-0.4, -0.2) is 89.4 Å². The second kappa shape index (κ2) is 9.72. The standard InChI is InChI=1S/C23H29FN4O3/c24-19-2-1-3-20-23(19)17(15-26-20)16-12-21(30)18(22(31)13-16)14-25-4-5-27-6-8-28(9-7-27)10-11-29/h1-3,14-16,26,29-30H,4-13H2. The number of β-amino-alcohol motifs (C(OH)–C–C–N with tert-alkyl or cyclic N) is 1. The Bertz CT molecular complexity index is 992. The number of aliphatic imine (C=N–C) groups is 1. The number of aliphatic hydroxyl groups is 2. The highest BCUT2D eigenvalue weighted by Crippen LogP contribution is 2.37. The average molecular weight is 429 g/mol. The van der Waals surface area contributed by atoms with Crippen molar-refractivity contribution in [1.29, 1.82) is 0 Å². The van der Waals surface area contributed by atoms with Crippen molar-refractivity contribution in [3.05, 3.63) is 47.1 Å². The summed E-state index contributed by atoms with van der Waals surface area (Å²) in [5, 5.41) is 20.0. The van der Waals surface area contributed by atoms with Gasteiger partial charge in [0.05, 0.1) is 18.7 Å². The number of nitrogens with one attached hydrogen (secondary N) is 1. The third kappa shape index (κ3) is 4.87. The van der Waals surface area contributed by atoms with Crippen LogP contribution in [-0.2, 0) is 4.79 Å². The van der Waals surface area contributed by atoms with E-state index in [0.717, 1.165) is 38.3 Å². The van der Waals surface area contributed by atoms with E-state index in [1.165, 1.54) is 12.3 Å². The minimum Gasteiger partial charge on any atom is -0.511 e. The Balaban J connectivity index is 1.35. The molecule has 1 aliphatic carbocycles. The third-order valence-corrected chi connectivity index (χ3v) is 6.25. The van der Waals surface area contributed by atoms with Crippen LogP contribution in [0.2, 0.25) is 0 Å². The second-order valence-corrected chi connectivity index (χ2v) is 8.24. The van der Waals surface area contributed by atoms with Crippen LogP contribution in [0.5, 0.6) is 0 Å². The zero-order valence-electron chi connectivity index (χ0n) is 17.6. The molecule has 0 radical (unpaired) electrons. The van der Waals surface area contributed by atoms with Crippen molar-refractivity contribution < 1.29 is 19.4 Å². The Hall–Kier alpha value is -2.55. The molecule has 1 aliphatic heterocycles. The van der Waals surface area contributed by atoms with Crippen molar-refractivity contribution in [3.63, 3.8) is 0 Å². The van der Waals surface area contributed by atoms with Gasteiger partial charge in [0.25, 0.3) is 0 Å². The number of carbonyl (C=O) groups is 1. The summed E-state index contributed by atoms with van der Waals surface area (Å²) in [5.74, 6) is -0.728. The van der Waals surface area contributed by atoms with E-state index in [-0.39, 0.29) is 41.9 Å². The molecule has 1 aromatic carbocycles. The van der Waals surface area contributed by atoms with Crippen molar-refractivity contribution in [3.8, 4) is 0 Å². The van der Waals surface area contributed by atoms with Gasteiger partial charge in [-0.25, -0.2) is 4.39 Å². The number of nitrogens with zero attached hydrogens (tertiary/aromatic N) is 3. The van der Waals surface area contributed by atoms with E-state index < -0.39 is 0 Å². The maximum atomic E-state index is 14.3. The smallest absolute Gasteiger partial charge is 0.168 e. The van der Waals surface area contributed by atoms with E-state index in [2.05, 4.69) is 19.8 Å². The van der Waals surface area contributed by atoms with Crippen LogP contribution in [0.4, 0.5) is 4.39 Å². The molecule has 0 saturated carbocycles. The fraction of sp³-hybridized carbons (Fsp3) is 0.478. The van der Waals surface area contributed by atoms with Crippen LogP contribution < -0.4 is 0 Å². The van der Waals surface area contributed by atoms with Gasteiger partial charge in [0, 0.05) is 81.3 Å². The molecule has 3 N–H and O–H groups in total. The van der Waals surface area contributed by atoms with Gasteiger partial charge < -0.3 is 15.2 Å². The fourth-order valence-electron chi connectivity index (χ4n) is 4.50. The number of hydrogen-bond acceptors (Lipinski definition) is 6.